The molecule has 0 radical (unpaired) electrons. The maximum atomic E-state index is 10.2. The van der Waals surface area contributed by atoms with Crippen LogP contribution in [0.25, 0.3) is 0 Å². The number of carboxylic acid groups (broad SMARTS) is 2. The van der Waals surface area contributed by atoms with Crippen molar-refractivity contribution < 1.29 is 90.8 Å². The van der Waals surface area contributed by atoms with Gasteiger partial charge in [-0.15, -0.1) is 30.3 Å². The van der Waals surface area contributed by atoms with Gasteiger partial charge in [0.25, 0.3) is 25.4 Å². The van der Waals surface area contributed by atoms with Crippen molar-refractivity contribution in [2.75, 3.05) is 12.5 Å². The van der Waals surface area contributed by atoms with Crippen molar-refractivity contribution in [3.63, 3.8) is 0 Å². The van der Waals surface area contributed by atoms with Gasteiger partial charge in [-0.2, -0.15) is 8.42 Å². The predicted molar refractivity (Wildman–Crippen MR) is 280 cm³/mol. The van der Waals surface area contributed by atoms with E-state index in [0.717, 1.165) is 13.1 Å². The van der Waals surface area contributed by atoms with Crippen LogP contribution in [-0.2, 0) is 47.4 Å². The minimum Gasteiger partial charge on any atom is -0.748 e. The zero-order chi connectivity index (χ0) is 61.7. The third-order valence-electron chi connectivity index (χ3n) is 7.11. The maximum absolute atomic E-state index is 10.2. The fraction of sp³-hybridized carbons (Fsp3) is 0.304. The molecule has 2 aromatic heterocycles. The Kier molecular flexibility index (Phi) is 52.8. The molecule has 4 aromatic carbocycles. The molecule has 0 bridgehead atoms. The van der Waals surface area contributed by atoms with Crippen molar-refractivity contribution >= 4 is 32.2 Å². The van der Waals surface area contributed by atoms with E-state index < -0.39 is 52.5 Å². The van der Waals surface area contributed by atoms with Gasteiger partial charge in [-0.3, -0.25) is 4.55 Å². The quantitative estimate of drug-likeness (QED) is 0.0417. The number of hydrogen-bond acceptors (Lipinski definition) is 16. The molecule has 30 nitrogen and oxygen atoms in total. The summed E-state index contributed by atoms with van der Waals surface area (Å²) >= 11 is 0. The second-order valence-corrected chi connectivity index (χ2v) is 17.2. The Morgan fingerprint density at radius 3 is 0.833 bits per heavy atom. The Balaban J connectivity index is -0.000000184. The highest BCUT2D eigenvalue weighted by atomic mass is 32.2. The van der Waals surface area contributed by atoms with Crippen LogP contribution in [0.4, 0.5) is 0 Å². The Morgan fingerprint density at radius 2 is 0.718 bits per heavy atom. The molecule has 6 aromatic rings. The van der Waals surface area contributed by atoms with Gasteiger partial charge in [0.05, 0.1) is 59.8 Å². The molecule has 0 spiro atoms. The van der Waals surface area contributed by atoms with Crippen molar-refractivity contribution in [3.05, 3.63) is 227 Å². The van der Waals surface area contributed by atoms with Gasteiger partial charge < -0.3 is 45.7 Å². The number of benzene rings is 4. The van der Waals surface area contributed by atoms with Crippen LogP contribution in [0.1, 0.15) is 71.4 Å². The number of rotatable bonds is 8. The van der Waals surface area contributed by atoms with Crippen molar-refractivity contribution in [1.82, 2.24) is 9.13 Å². The van der Waals surface area contributed by atoms with Crippen LogP contribution in [0, 0.1) is 59.5 Å². The zero-order valence-electron chi connectivity index (χ0n) is 43.9. The molecule has 78 heavy (non-hydrogen) atoms. The Hall–Kier alpha value is -9.14. The average Bonchev–Trinajstić information content (AvgIpc) is 3.94. The molecule has 6 N–H and O–H groups in total. The molecule has 0 aliphatic carbocycles. The molecule has 0 atom stereocenters. The first-order valence-corrected chi connectivity index (χ1v) is 25.4. The number of nitrogens with zero attached hydrogens (tertiary/aromatic N) is 8. The second kappa shape index (κ2) is 51.4. The van der Waals surface area contributed by atoms with Crippen LogP contribution in [0.15, 0.2) is 159 Å². The fourth-order valence-corrected chi connectivity index (χ4v) is 4.18. The van der Waals surface area contributed by atoms with Gasteiger partial charge >= 0.3 is 11.9 Å². The summed E-state index contributed by atoms with van der Waals surface area (Å²) in [6.07, 6.45) is 19.0. The summed E-state index contributed by atoms with van der Waals surface area (Å²) in [5, 5.41) is 72.4. The number of aryl methyl sites for hydroxylation is 6. The smallest absolute Gasteiger partial charge is 0.335 e. The summed E-state index contributed by atoms with van der Waals surface area (Å²) in [5.74, 6) is -1.76. The van der Waals surface area contributed by atoms with E-state index >= 15 is 0 Å². The van der Waals surface area contributed by atoms with Gasteiger partial charge in [-0.25, -0.2) is 36.3 Å². The minimum absolute atomic E-state index is 0.331. The number of unbranched alkanes of at least 4 members (excludes halogenated alkanes) is 2. The molecule has 2 heterocycles. The Labute approximate surface area is 450 Å². The van der Waals surface area contributed by atoms with Crippen LogP contribution in [0.2, 0.25) is 0 Å². The third-order valence-corrected chi connectivity index (χ3v) is 7.11. The van der Waals surface area contributed by atoms with Crippen LogP contribution in [-0.4, -0.2) is 106 Å². The molecule has 32 heteroatoms. The first-order valence-electron chi connectivity index (χ1n) is 21.7. The van der Waals surface area contributed by atoms with E-state index in [-0.39, 0.29) is 0 Å². The van der Waals surface area contributed by atoms with E-state index in [1.54, 1.807) is 60.7 Å². The molecule has 0 aliphatic rings. The molecule has 0 fully saturated rings. The second-order valence-electron chi connectivity index (χ2n) is 14.4. The van der Waals surface area contributed by atoms with Gasteiger partial charge in [0, 0.05) is 6.26 Å². The SMILES string of the molecule is CCCCn1cc[n+](C)c1.CCCCn1cc[n+](C)c1.CS(=O)(=O)O.CS(=O)(=O)[O-].Cc1ccccc1.Cc1ccccc1.O=C(O)c1ccccc1.O=C(O)c1ccccc1.O=[N+]([O-])O.O=[N+]([O-])O.O=[N+]([O-])O.O=[N+]([O-])[O-]. The molecule has 0 saturated carbocycles. The lowest BCUT2D eigenvalue weighted by molar-refractivity contribution is -0.742. The number of aromatic nitrogens is 4. The highest BCUT2D eigenvalue weighted by Gasteiger charge is 1.99. The number of imidazole rings is 2. The number of carbonyl (C=O) groups is 2. The van der Waals surface area contributed by atoms with Crippen LogP contribution in [0.3, 0.4) is 0 Å². The highest BCUT2D eigenvalue weighted by molar-refractivity contribution is 7.85. The summed E-state index contributed by atoms with van der Waals surface area (Å²) in [6.45, 7) is 10.9. The van der Waals surface area contributed by atoms with Gasteiger partial charge in [0.2, 0.25) is 12.7 Å². The highest BCUT2D eigenvalue weighted by Crippen LogP contribution is 1.98. The lowest BCUT2D eigenvalue weighted by atomic mass is 10.2. The Morgan fingerprint density at radius 1 is 0.526 bits per heavy atom. The normalized spacial score (nSPS) is 8.95. The summed E-state index contributed by atoms with van der Waals surface area (Å²) in [6, 6.07) is 37.1. The number of hydrogen-bond donors (Lipinski definition) is 6. The van der Waals surface area contributed by atoms with Gasteiger partial charge in [0.15, 0.2) is 0 Å². The number of carboxylic acids is 2. The van der Waals surface area contributed by atoms with E-state index in [2.05, 4.69) is 108 Å². The van der Waals surface area contributed by atoms with Crippen molar-refractivity contribution in [1.29, 1.82) is 0 Å². The van der Waals surface area contributed by atoms with Crippen LogP contribution < -0.4 is 9.13 Å². The molecule has 0 unspecified atom stereocenters. The van der Waals surface area contributed by atoms with E-state index in [9.17, 15) is 18.0 Å². The van der Waals surface area contributed by atoms with E-state index in [1.165, 1.54) is 36.8 Å². The summed E-state index contributed by atoms with van der Waals surface area (Å²) in [5.41, 5.74) is 3.31. The van der Waals surface area contributed by atoms with E-state index in [0.29, 0.717) is 23.6 Å². The van der Waals surface area contributed by atoms with Gasteiger partial charge in [-0.1, -0.05) is 135 Å². The largest absolute Gasteiger partial charge is 0.748 e. The van der Waals surface area contributed by atoms with E-state index in [4.69, 9.17) is 89.0 Å². The molecule has 6 rings (SSSR count). The maximum Gasteiger partial charge on any atom is 0.335 e. The van der Waals surface area contributed by atoms with Gasteiger partial charge in [-0.05, 0) is 51.0 Å². The minimum atomic E-state index is -3.92. The lowest BCUT2D eigenvalue weighted by Gasteiger charge is -1.90. The van der Waals surface area contributed by atoms with Crippen LogP contribution in [0.5, 0.6) is 0 Å². The van der Waals surface area contributed by atoms with Crippen LogP contribution >= 0.6 is 0 Å². The standard InChI is InChI=1S/2C8H15N2.2C7H6O2.2C7H8.2CH4O3S.3HNO3.NO3/c2*1-3-4-5-10-7-6-9(2)8-10;2*8-7(9)6-4-2-1-3-5-6;2*1-7-5-3-2-4-6-7;2*1-5(2,3)4;4*2-1(3)4/h2*6-8H,3-5H2,1-2H3;2*1-5H,(H,8,9);2*2-6H,1H3;2*1H3,(H,2,3,4);3*(H,2,3,4);/q2*+1;;;;;;;;;;-1/p-1. The molecular weight excluding hydrogens is 1080 g/mol. The molecule has 436 valence electrons. The number of aromatic carboxylic acids is 2. The summed E-state index contributed by atoms with van der Waals surface area (Å²) in [4.78, 5) is 53.7. The summed E-state index contributed by atoms with van der Waals surface area (Å²) < 4.78 is 61.7. The zero-order valence-corrected chi connectivity index (χ0v) is 45.5. The predicted octanol–water partition coefficient (Wildman–Crippen LogP) is 6.37. The summed E-state index contributed by atoms with van der Waals surface area (Å²) in [7, 11) is -3.50. The molecule has 0 amide bonds. The van der Waals surface area contributed by atoms with Crippen molar-refractivity contribution in [3.8, 4) is 0 Å². The van der Waals surface area contributed by atoms with Gasteiger partial charge in [0.1, 0.15) is 24.8 Å². The first kappa shape index (κ1) is 80.3. The van der Waals surface area contributed by atoms with E-state index in [1.807, 2.05) is 50.5 Å². The van der Waals surface area contributed by atoms with Crippen molar-refractivity contribution in [2.24, 2.45) is 14.1 Å². The Bertz CT molecular complexity index is 2440. The average molecular weight is 1150 g/mol. The van der Waals surface area contributed by atoms with Crippen molar-refractivity contribution in [2.45, 2.75) is 66.5 Å². The topological polar surface area (TPSA) is 460 Å². The molecular formula is C46H68N8O22S2. The third kappa shape index (κ3) is 89.7. The molecule has 0 aliphatic heterocycles. The first-order chi connectivity index (χ1) is 36.0. The monoisotopic (exact) mass is 1150 g/mol. The molecule has 0 saturated heterocycles. The lowest BCUT2D eigenvalue weighted by Crippen LogP contribution is -2.23. The fourth-order valence-electron chi connectivity index (χ4n) is 4.18.